The van der Waals surface area contributed by atoms with Crippen molar-refractivity contribution < 1.29 is 9.90 Å². The lowest BCUT2D eigenvalue weighted by molar-refractivity contribution is -0.255. The lowest BCUT2D eigenvalue weighted by Crippen LogP contribution is -2.23. The van der Waals surface area contributed by atoms with Gasteiger partial charge in [-0.05, 0) is 12.5 Å². The predicted octanol–water partition coefficient (Wildman–Crippen LogP) is 1.41. The minimum atomic E-state index is -1.19. The molecule has 0 bridgehead atoms. The van der Waals surface area contributed by atoms with Gasteiger partial charge in [-0.25, -0.2) is 0 Å². The van der Waals surface area contributed by atoms with E-state index in [1.54, 1.807) is 24.7 Å². The van der Waals surface area contributed by atoms with Gasteiger partial charge in [0, 0.05) is 18.2 Å². The first-order valence-corrected chi connectivity index (χ1v) is 5.39. The van der Waals surface area contributed by atoms with E-state index in [2.05, 4.69) is 5.10 Å². The molecule has 0 saturated carbocycles. The second-order valence-corrected chi connectivity index (χ2v) is 4.14. The van der Waals surface area contributed by atoms with Gasteiger partial charge in [0.05, 0.1) is 22.9 Å². The van der Waals surface area contributed by atoms with Crippen molar-refractivity contribution in [3.63, 3.8) is 0 Å². The van der Waals surface area contributed by atoms with Crippen LogP contribution in [0.4, 0.5) is 0 Å². The summed E-state index contributed by atoms with van der Waals surface area (Å²) >= 11 is 6.04. The third kappa shape index (κ3) is 1.91. The van der Waals surface area contributed by atoms with Crippen molar-refractivity contribution in [2.24, 2.45) is 7.05 Å². The number of aryl methyl sites for hydroxylation is 1. The number of aromatic carboxylic acids is 1. The molecule has 1 heterocycles. The molecule has 0 aliphatic carbocycles. The number of benzene rings is 1. The molecule has 0 spiro atoms. The highest BCUT2D eigenvalue weighted by atomic mass is 35.5. The second kappa shape index (κ2) is 4.22. The van der Waals surface area contributed by atoms with E-state index in [4.69, 9.17) is 11.6 Å². The van der Waals surface area contributed by atoms with Crippen LogP contribution in [0.25, 0.3) is 11.3 Å². The van der Waals surface area contributed by atoms with E-state index in [0.29, 0.717) is 16.3 Å². The normalized spacial score (nSPS) is 10.5. The van der Waals surface area contributed by atoms with Crippen LogP contribution in [0, 0.1) is 6.92 Å². The van der Waals surface area contributed by atoms with Gasteiger partial charge in [-0.2, -0.15) is 5.10 Å². The summed E-state index contributed by atoms with van der Waals surface area (Å²) in [5.41, 5.74) is 2.24. The average Bonchev–Trinajstić information content (AvgIpc) is 2.59. The van der Waals surface area contributed by atoms with Crippen molar-refractivity contribution in [2.45, 2.75) is 6.92 Å². The minimum Gasteiger partial charge on any atom is -0.545 e. The molecule has 0 aliphatic heterocycles. The number of carboxylic acids is 1. The maximum Gasteiger partial charge on any atom is 0.0868 e. The van der Waals surface area contributed by atoms with E-state index in [1.165, 1.54) is 12.3 Å². The Morgan fingerprint density at radius 2 is 2.18 bits per heavy atom. The maximum atomic E-state index is 10.9. The summed E-state index contributed by atoms with van der Waals surface area (Å²) in [5.74, 6) is -1.19. The molecule has 5 heteroatoms. The molecule has 0 aliphatic rings. The van der Waals surface area contributed by atoms with Gasteiger partial charge in [-0.3, -0.25) is 4.68 Å². The van der Waals surface area contributed by atoms with Crippen molar-refractivity contribution in [2.75, 3.05) is 0 Å². The molecule has 0 amide bonds. The van der Waals surface area contributed by atoms with Gasteiger partial charge >= 0.3 is 0 Å². The Hall–Kier alpha value is -1.81. The van der Waals surface area contributed by atoms with Crippen LogP contribution in [0.1, 0.15) is 15.9 Å². The van der Waals surface area contributed by atoms with Crippen molar-refractivity contribution >= 4 is 17.6 Å². The molecule has 17 heavy (non-hydrogen) atoms. The molecule has 1 aromatic heterocycles. The zero-order chi connectivity index (χ0) is 12.6. The molecule has 88 valence electrons. The fourth-order valence-electron chi connectivity index (χ4n) is 1.83. The largest absolute Gasteiger partial charge is 0.545 e. The number of nitrogens with zero attached hydrogens (tertiary/aromatic N) is 2. The Morgan fingerprint density at radius 1 is 1.47 bits per heavy atom. The van der Waals surface area contributed by atoms with E-state index < -0.39 is 5.97 Å². The third-order valence-electron chi connectivity index (χ3n) is 2.70. The fraction of sp³-hybridized carbons (Fsp3) is 0.167. The molecule has 0 fully saturated rings. The lowest BCUT2D eigenvalue weighted by atomic mass is 10.00. The van der Waals surface area contributed by atoms with Gasteiger partial charge in [0.25, 0.3) is 0 Å². The summed E-state index contributed by atoms with van der Waals surface area (Å²) in [7, 11) is 1.76. The van der Waals surface area contributed by atoms with Crippen LogP contribution < -0.4 is 5.11 Å². The van der Waals surface area contributed by atoms with Crippen LogP contribution in [0.3, 0.4) is 0 Å². The standard InChI is InChI=1S/C12H11ClN2O2/c1-7-8(4-3-5-9(7)12(16)17)11-10(13)6-14-15(11)2/h3-6H,1-2H3,(H,16,17)/p-1. The van der Waals surface area contributed by atoms with Gasteiger partial charge in [-0.15, -0.1) is 0 Å². The molecule has 0 unspecified atom stereocenters. The number of carboxylic acid groups (broad SMARTS) is 1. The van der Waals surface area contributed by atoms with Crippen molar-refractivity contribution in [1.29, 1.82) is 0 Å². The molecular formula is C12H10ClN2O2-. The Morgan fingerprint density at radius 3 is 2.71 bits per heavy atom. The van der Waals surface area contributed by atoms with Crippen LogP contribution in [-0.2, 0) is 7.05 Å². The molecule has 0 N–H and O–H groups in total. The van der Waals surface area contributed by atoms with Gasteiger partial charge in [-0.1, -0.05) is 29.8 Å². The number of hydrogen-bond donors (Lipinski definition) is 0. The first kappa shape index (κ1) is 11.7. The summed E-state index contributed by atoms with van der Waals surface area (Å²) in [6.45, 7) is 1.73. The molecule has 2 rings (SSSR count). The molecule has 0 atom stereocenters. The predicted molar refractivity (Wildman–Crippen MR) is 62.7 cm³/mol. The van der Waals surface area contributed by atoms with Crippen molar-refractivity contribution in [1.82, 2.24) is 9.78 Å². The summed E-state index contributed by atoms with van der Waals surface area (Å²) in [4.78, 5) is 10.9. The van der Waals surface area contributed by atoms with Crippen LogP contribution in [0.2, 0.25) is 5.02 Å². The van der Waals surface area contributed by atoms with Crippen molar-refractivity contribution in [3.8, 4) is 11.3 Å². The first-order valence-electron chi connectivity index (χ1n) is 5.01. The SMILES string of the molecule is Cc1c(C(=O)[O-])cccc1-c1c(Cl)cnn1C. The Labute approximate surface area is 103 Å². The molecule has 4 nitrogen and oxygen atoms in total. The van der Waals surface area contributed by atoms with E-state index in [9.17, 15) is 9.90 Å². The summed E-state index contributed by atoms with van der Waals surface area (Å²) in [6.07, 6.45) is 1.53. The number of hydrogen-bond acceptors (Lipinski definition) is 3. The van der Waals surface area contributed by atoms with Gasteiger partial charge in [0.15, 0.2) is 0 Å². The fourth-order valence-corrected chi connectivity index (χ4v) is 2.09. The Bertz CT molecular complexity index is 571. The molecule has 2 aromatic rings. The van der Waals surface area contributed by atoms with Crippen LogP contribution in [0.15, 0.2) is 24.4 Å². The topological polar surface area (TPSA) is 57.9 Å². The number of carbonyl (C=O) groups is 1. The van der Waals surface area contributed by atoms with Gasteiger partial charge in [0.1, 0.15) is 0 Å². The lowest BCUT2D eigenvalue weighted by Gasteiger charge is -2.12. The second-order valence-electron chi connectivity index (χ2n) is 3.73. The number of aromatic nitrogens is 2. The zero-order valence-corrected chi connectivity index (χ0v) is 10.2. The highest BCUT2D eigenvalue weighted by Crippen LogP contribution is 2.30. The highest BCUT2D eigenvalue weighted by Gasteiger charge is 2.13. The maximum absolute atomic E-state index is 10.9. The van der Waals surface area contributed by atoms with Gasteiger partial charge < -0.3 is 9.90 Å². The van der Waals surface area contributed by atoms with E-state index in [1.807, 2.05) is 6.07 Å². The minimum absolute atomic E-state index is 0.166. The Kier molecular flexibility index (Phi) is 2.90. The third-order valence-corrected chi connectivity index (χ3v) is 2.98. The van der Waals surface area contributed by atoms with E-state index in [0.717, 1.165) is 5.56 Å². The molecule has 1 aromatic carbocycles. The van der Waals surface area contributed by atoms with Crippen molar-refractivity contribution in [3.05, 3.63) is 40.5 Å². The number of rotatable bonds is 2. The monoisotopic (exact) mass is 249 g/mol. The first-order chi connectivity index (χ1) is 8.02. The highest BCUT2D eigenvalue weighted by molar-refractivity contribution is 6.33. The zero-order valence-electron chi connectivity index (χ0n) is 9.40. The summed E-state index contributed by atoms with van der Waals surface area (Å²) < 4.78 is 1.61. The van der Waals surface area contributed by atoms with E-state index in [-0.39, 0.29) is 5.56 Å². The summed E-state index contributed by atoms with van der Waals surface area (Å²) in [5, 5.41) is 15.5. The smallest absolute Gasteiger partial charge is 0.0868 e. The quantitative estimate of drug-likeness (QED) is 0.809. The van der Waals surface area contributed by atoms with E-state index >= 15 is 0 Å². The summed E-state index contributed by atoms with van der Waals surface area (Å²) in [6, 6.07) is 4.99. The average molecular weight is 250 g/mol. The van der Waals surface area contributed by atoms with Crippen LogP contribution >= 0.6 is 11.6 Å². The van der Waals surface area contributed by atoms with Gasteiger partial charge in [0.2, 0.25) is 0 Å². The molecule has 0 saturated heterocycles. The number of halogens is 1. The molecule has 0 radical (unpaired) electrons. The molecular weight excluding hydrogens is 240 g/mol. The Balaban J connectivity index is 2.69. The van der Waals surface area contributed by atoms with Crippen LogP contribution in [0.5, 0.6) is 0 Å². The van der Waals surface area contributed by atoms with Crippen LogP contribution in [-0.4, -0.2) is 15.7 Å². The number of carbonyl (C=O) groups excluding carboxylic acids is 1.